The Labute approximate surface area is 149 Å². The van der Waals surface area contributed by atoms with Crippen molar-refractivity contribution in [2.45, 2.75) is 6.42 Å². The largest absolute Gasteiger partial charge is 0.493 e. The minimum Gasteiger partial charge on any atom is -0.493 e. The summed E-state index contributed by atoms with van der Waals surface area (Å²) < 4.78 is 37.9. The van der Waals surface area contributed by atoms with Gasteiger partial charge in [0.25, 0.3) is 0 Å². The molecule has 6 heteroatoms. The molecule has 0 N–H and O–H groups in total. The zero-order valence-corrected chi connectivity index (χ0v) is 16.9. The van der Waals surface area contributed by atoms with Crippen molar-refractivity contribution in [1.29, 1.82) is 0 Å². The van der Waals surface area contributed by atoms with Crippen LogP contribution in [-0.2, 0) is 9.13 Å². The molecule has 0 fully saturated rings. The fraction of sp³-hybridized carbons (Fsp3) is 0.368. The summed E-state index contributed by atoms with van der Waals surface area (Å²) >= 11 is 0. The van der Waals surface area contributed by atoms with Gasteiger partial charge in [0.15, 0.2) is 0 Å². The number of hydrogen-bond acceptors (Lipinski definition) is 4. The second-order valence-electron chi connectivity index (χ2n) is 7.05. The lowest BCUT2D eigenvalue weighted by atomic mass is 10.0. The summed E-state index contributed by atoms with van der Waals surface area (Å²) in [6.07, 6.45) is 0.749. The van der Waals surface area contributed by atoms with E-state index in [1.807, 2.05) is 36.4 Å². The van der Waals surface area contributed by atoms with E-state index in [4.69, 9.17) is 9.47 Å². The van der Waals surface area contributed by atoms with Crippen LogP contribution in [0.4, 0.5) is 0 Å². The molecule has 0 radical (unpaired) electrons. The third-order valence-electron chi connectivity index (χ3n) is 4.22. The highest BCUT2D eigenvalue weighted by Gasteiger charge is 2.29. The van der Waals surface area contributed by atoms with Crippen molar-refractivity contribution < 1.29 is 18.6 Å². The van der Waals surface area contributed by atoms with Gasteiger partial charge in [-0.15, -0.1) is 0 Å². The predicted molar refractivity (Wildman–Crippen MR) is 106 cm³/mol. The standard InChI is InChI=1S/C19H24O4P2/c1-24(2,20)16-10-5-8-14-18(16)19-15(23-13-7-12-22-14)9-6-11-17(19)25(3,4)21/h5-6,8-11H,7,12-13H2,1-4H3. The van der Waals surface area contributed by atoms with Crippen LogP contribution >= 0.6 is 14.3 Å². The lowest BCUT2D eigenvalue weighted by Gasteiger charge is -2.22. The van der Waals surface area contributed by atoms with Gasteiger partial charge >= 0.3 is 0 Å². The number of rotatable bonds is 2. The van der Waals surface area contributed by atoms with Crippen molar-refractivity contribution in [2.75, 3.05) is 39.9 Å². The van der Waals surface area contributed by atoms with Gasteiger partial charge < -0.3 is 18.6 Å². The van der Waals surface area contributed by atoms with Crippen LogP contribution in [0.1, 0.15) is 6.42 Å². The monoisotopic (exact) mass is 378 g/mol. The van der Waals surface area contributed by atoms with Crippen molar-refractivity contribution in [3.8, 4) is 22.6 Å². The van der Waals surface area contributed by atoms with Crippen LogP contribution in [0.15, 0.2) is 36.4 Å². The minimum absolute atomic E-state index is 0.521. The summed E-state index contributed by atoms with van der Waals surface area (Å²) in [7, 11) is -5.16. The topological polar surface area (TPSA) is 52.6 Å². The van der Waals surface area contributed by atoms with Gasteiger partial charge in [-0.2, -0.15) is 0 Å². The third kappa shape index (κ3) is 3.71. The molecule has 0 amide bonds. The molecular weight excluding hydrogens is 354 g/mol. The first-order valence-electron chi connectivity index (χ1n) is 8.32. The number of ether oxygens (including phenoxy) is 2. The first kappa shape index (κ1) is 18.3. The number of fused-ring (bicyclic) bond motifs is 3. The number of benzene rings is 2. The van der Waals surface area contributed by atoms with E-state index in [2.05, 4.69) is 0 Å². The Kier molecular flexibility index (Phi) is 4.88. The van der Waals surface area contributed by atoms with Crippen molar-refractivity contribution >= 4 is 24.9 Å². The zero-order valence-electron chi connectivity index (χ0n) is 15.1. The van der Waals surface area contributed by atoms with E-state index in [0.29, 0.717) is 24.7 Å². The molecule has 0 saturated carbocycles. The fourth-order valence-corrected chi connectivity index (χ4v) is 5.51. The van der Waals surface area contributed by atoms with Gasteiger partial charge in [0.1, 0.15) is 25.8 Å². The molecule has 0 bridgehead atoms. The van der Waals surface area contributed by atoms with Crippen LogP contribution in [0.2, 0.25) is 0 Å². The Morgan fingerprint density at radius 2 is 1.12 bits per heavy atom. The molecule has 0 saturated heterocycles. The van der Waals surface area contributed by atoms with Gasteiger partial charge in [-0.3, -0.25) is 0 Å². The first-order chi connectivity index (χ1) is 11.7. The molecule has 4 nitrogen and oxygen atoms in total. The molecule has 1 aliphatic heterocycles. The molecule has 2 aromatic rings. The third-order valence-corrected chi connectivity index (χ3v) is 7.29. The van der Waals surface area contributed by atoms with Crippen LogP contribution in [0.3, 0.4) is 0 Å². The summed E-state index contributed by atoms with van der Waals surface area (Å²) in [5.41, 5.74) is 1.51. The summed E-state index contributed by atoms with van der Waals surface area (Å²) in [6.45, 7) is 8.03. The van der Waals surface area contributed by atoms with Crippen molar-refractivity contribution in [3.63, 3.8) is 0 Å². The Morgan fingerprint density at radius 1 is 0.720 bits per heavy atom. The minimum atomic E-state index is -2.58. The van der Waals surface area contributed by atoms with E-state index in [1.54, 1.807) is 26.7 Å². The highest BCUT2D eigenvalue weighted by molar-refractivity contribution is 7.71. The molecule has 0 aliphatic carbocycles. The molecule has 3 rings (SSSR count). The van der Waals surface area contributed by atoms with Gasteiger partial charge in [-0.05, 0) is 38.8 Å². The van der Waals surface area contributed by atoms with E-state index in [1.165, 1.54) is 0 Å². The van der Waals surface area contributed by atoms with Crippen LogP contribution in [-0.4, -0.2) is 39.9 Å². The van der Waals surface area contributed by atoms with E-state index < -0.39 is 14.3 Å². The summed E-state index contributed by atoms with van der Waals surface area (Å²) in [5, 5.41) is 1.47. The molecule has 0 aromatic heterocycles. The van der Waals surface area contributed by atoms with Gasteiger partial charge in [0.05, 0.1) is 13.2 Å². The van der Waals surface area contributed by atoms with Crippen LogP contribution in [0, 0.1) is 0 Å². The van der Waals surface area contributed by atoms with Crippen molar-refractivity contribution in [2.24, 2.45) is 0 Å². The maximum Gasteiger partial charge on any atom is 0.128 e. The predicted octanol–water partition coefficient (Wildman–Crippen LogP) is 4.01. The quantitative estimate of drug-likeness (QED) is 0.741. The van der Waals surface area contributed by atoms with Crippen LogP contribution < -0.4 is 20.1 Å². The Morgan fingerprint density at radius 3 is 1.48 bits per heavy atom. The molecule has 0 spiro atoms. The average molecular weight is 378 g/mol. The smallest absolute Gasteiger partial charge is 0.128 e. The van der Waals surface area contributed by atoms with Gasteiger partial charge in [0, 0.05) is 28.2 Å². The summed E-state index contributed by atoms with van der Waals surface area (Å²) in [5.74, 6) is 1.35. The van der Waals surface area contributed by atoms with E-state index in [0.717, 1.165) is 28.2 Å². The highest BCUT2D eigenvalue weighted by atomic mass is 31.2. The van der Waals surface area contributed by atoms with Crippen LogP contribution in [0.25, 0.3) is 11.1 Å². The average Bonchev–Trinajstić information content (AvgIpc) is 2.61. The van der Waals surface area contributed by atoms with Gasteiger partial charge in [-0.1, -0.05) is 24.3 Å². The van der Waals surface area contributed by atoms with E-state index >= 15 is 0 Å². The molecule has 134 valence electrons. The molecular formula is C19H24O4P2. The SMILES string of the molecule is CP(C)(=O)c1cccc2c1-c1c(cccc1P(C)(C)=O)OCCCO2. The van der Waals surface area contributed by atoms with Gasteiger partial charge in [0.2, 0.25) is 0 Å². The van der Waals surface area contributed by atoms with Crippen molar-refractivity contribution in [1.82, 2.24) is 0 Å². The summed E-state index contributed by atoms with van der Waals surface area (Å²) in [4.78, 5) is 0. The molecule has 2 aromatic carbocycles. The molecule has 1 aliphatic rings. The molecule has 0 unspecified atom stereocenters. The lowest BCUT2D eigenvalue weighted by molar-refractivity contribution is 0.252. The first-order valence-corrected chi connectivity index (χ1v) is 13.5. The second kappa shape index (κ2) is 6.67. The lowest BCUT2D eigenvalue weighted by Crippen LogP contribution is -2.16. The van der Waals surface area contributed by atoms with Crippen LogP contribution in [0.5, 0.6) is 11.5 Å². The highest BCUT2D eigenvalue weighted by Crippen LogP contribution is 2.48. The fourth-order valence-electron chi connectivity index (χ4n) is 3.10. The number of hydrogen-bond donors (Lipinski definition) is 0. The molecule has 0 atom stereocenters. The second-order valence-corrected chi connectivity index (χ2v) is 13.4. The molecule has 1 heterocycles. The van der Waals surface area contributed by atoms with Crippen molar-refractivity contribution in [3.05, 3.63) is 36.4 Å². The van der Waals surface area contributed by atoms with E-state index in [9.17, 15) is 9.13 Å². The Balaban J connectivity index is 2.46. The Hall–Kier alpha value is -1.50. The van der Waals surface area contributed by atoms with Gasteiger partial charge in [-0.25, -0.2) is 0 Å². The summed E-state index contributed by atoms with van der Waals surface area (Å²) in [6, 6.07) is 11.3. The maximum absolute atomic E-state index is 13.0. The molecule has 25 heavy (non-hydrogen) atoms. The Bertz CT molecular complexity index is 819. The van der Waals surface area contributed by atoms with E-state index in [-0.39, 0.29) is 0 Å². The normalized spacial score (nSPS) is 14.9. The maximum atomic E-state index is 13.0. The zero-order chi connectivity index (χ0) is 18.2.